The van der Waals surface area contributed by atoms with Crippen molar-refractivity contribution in [3.63, 3.8) is 0 Å². The number of rotatable bonds is 5. The van der Waals surface area contributed by atoms with E-state index in [1.54, 1.807) is 24.3 Å². The molecule has 0 aliphatic carbocycles. The van der Waals surface area contributed by atoms with Crippen LogP contribution in [0.25, 0.3) is 10.2 Å². The number of fused-ring (bicyclic) bond motifs is 1. The number of ether oxygens (including phenoxy) is 1. The second-order valence-electron chi connectivity index (χ2n) is 5.09. The van der Waals surface area contributed by atoms with Gasteiger partial charge in [0.1, 0.15) is 6.61 Å². The Morgan fingerprint density at radius 1 is 1.42 bits per heavy atom. The van der Waals surface area contributed by atoms with E-state index in [-0.39, 0.29) is 24.0 Å². The Morgan fingerprint density at radius 2 is 2.25 bits per heavy atom. The van der Waals surface area contributed by atoms with Gasteiger partial charge >= 0.3 is 0 Å². The molecule has 0 spiro atoms. The van der Waals surface area contributed by atoms with Crippen molar-refractivity contribution in [3.05, 3.63) is 65.4 Å². The summed E-state index contributed by atoms with van der Waals surface area (Å²) in [6.07, 6.45) is 1.52. The number of carbonyl (C=O) groups is 1. The quantitative estimate of drug-likeness (QED) is 0.692. The fourth-order valence-corrected chi connectivity index (χ4v) is 3.11. The predicted molar refractivity (Wildman–Crippen MR) is 94.4 cm³/mol. The predicted octanol–water partition coefficient (Wildman–Crippen LogP) is 4.56. The van der Waals surface area contributed by atoms with Gasteiger partial charge in [-0.2, -0.15) is 0 Å². The van der Waals surface area contributed by atoms with Crippen molar-refractivity contribution in [3.8, 4) is 5.75 Å². The Labute approximate surface area is 142 Å². The van der Waals surface area contributed by atoms with Gasteiger partial charge in [0.25, 0.3) is 5.91 Å². The molecule has 0 fully saturated rings. The molecule has 0 radical (unpaired) electrons. The van der Waals surface area contributed by atoms with Crippen LogP contribution < -0.4 is 10.1 Å². The number of nitrogens with zero attached hydrogens (tertiary/aromatic N) is 1. The number of nitrogens with one attached hydrogen (secondary N) is 1. The molecule has 3 aromatic rings. The van der Waals surface area contributed by atoms with Crippen LogP contribution in [-0.4, -0.2) is 17.5 Å². The molecule has 1 aromatic heterocycles. The van der Waals surface area contributed by atoms with E-state index in [0.29, 0.717) is 5.56 Å². The second kappa shape index (κ2) is 6.80. The molecule has 0 saturated carbocycles. The molecular weight excluding hydrogens is 327 g/mol. The van der Waals surface area contributed by atoms with Crippen molar-refractivity contribution in [2.75, 3.05) is 11.9 Å². The molecule has 24 heavy (non-hydrogen) atoms. The van der Waals surface area contributed by atoms with Crippen LogP contribution in [0, 0.1) is 12.7 Å². The van der Waals surface area contributed by atoms with Crippen molar-refractivity contribution in [1.29, 1.82) is 0 Å². The lowest BCUT2D eigenvalue weighted by Gasteiger charge is -2.10. The Bertz CT molecular complexity index is 921. The number of halogens is 1. The Hall–Kier alpha value is -2.73. The molecule has 4 nitrogen and oxygen atoms in total. The van der Waals surface area contributed by atoms with Gasteiger partial charge < -0.3 is 10.1 Å². The summed E-state index contributed by atoms with van der Waals surface area (Å²) in [6, 6.07) is 9.82. The third kappa shape index (κ3) is 3.28. The Kier molecular flexibility index (Phi) is 4.57. The van der Waals surface area contributed by atoms with Crippen LogP contribution in [-0.2, 0) is 0 Å². The van der Waals surface area contributed by atoms with Crippen LogP contribution in [0.1, 0.15) is 15.4 Å². The minimum Gasteiger partial charge on any atom is -0.486 e. The number of hydrogen-bond acceptors (Lipinski definition) is 4. The zero-order valence-electron chi connectivity index (χ0n) is 13.0. The highest BCUT2D eigenvalue weighted by molar-refractivity contribution is 7.18. The van der Waals surface area contributed by atoms with E-state index < -0.39 is 5.82 Å². The lowest BCUT2D eigenvalue weighted by Crippen LogP contribution is -2.13. The molecule has 3 rings (SSSR count). The number of anilines is 1. The van der Waals surface area contributed by atoms with Gasteiger partial charge in [0.15, 0.2) is 11.6 Å². The number of hydrogen-bond donors (Lipinski definition) is 1. The van der Waals surface area contributed by atoms with E-state index in [9.17, 15) is 9.18 Å². The highest BCUT2D eigenvalue weighted by Crippen LogP contribution is 2.26. The molecule has 1 N–H and O–H groups in total. The minimum absolute atomic E-state index is 0.0706. The molecule has 0 aliphatic heterocycles. The summed E-state index contributed by atoms with van der Waals surface area (Å²) >= 11 is 1.51. The summed E-state index contributed by atoms with van der Waals surface area (Å²) in [4.78, 5) is 16.7. The fraction of sp³-hybridized carbons (Fsp3) is 0.111. The number of thiazole rings is 1. The summed E-state index contributed by atoms with van der Waals surface area (Å²) in [5, 5.41) is 3.51. The van der Waals surface area contributed by atoms with Gasteiger partial charge in [-0.1, -0.05) is 18.7 Å². The van der Waals surface area contributed by atoms with Gasteiger partial charge in [-0.15, -0.1) is 11.3 Å². The average molecular weight is 342 g/mol. The standard InChI is InChI=1S/C18H15FN2O2S/c1-3-9-23-15-6-4-5-14(17(15)19)21-18(22)12-7-8-13-16(10-12)24-11(2)20-13/h3-8,10H,1,9H2,2H3,(H,21,22). The van der Waals surface area contributed by atoms with Crippen LogP contribution in [0.15, 0.2) is 49.1 Å². The first-order valence-corrected chi connectivity index (χ1v) is 8.11. The van der Waals surface area contributed by atoms with E-state index in [0.717, 1.165) is 15.2 Å². The molecule has 2 aromatic carbocycles. The maximum absolute atomic E-state index is 14.3. The summed E-state index contributed by atoms with van der Waals surface area (Å²) in [7, 11) is 0. The molecule has 1 amide bonds. The van der Waals surface area contributed by atoms with Crippen LogP contribution in [0.4, 0.5) is 10.1 Å². The zero-order chi connectivity index (χ0) is 17.1. The zero-order valence-corrected chi connectivity index (χ0v) is 13.8. The first-order valence-electron chi connectivity index (χ1n) is 7.29. The van der Waals surface area contributed by atoms with Crippen molar-refractivity contribution < 1.29 is 13.9 Å². The number of benzene rings is 2. The molecule has 0 aliphatic rings. The summed E-state index contributed by atoms with van der Waals surface area (Å²) < 4.78 is 20.5. The number of carbonyl (C=O) groups excluding carboxylic acids is 1. The summed E-state index contributed by atoms with van der Waals surface area (Å²) in [6.45, 7) is 5.62. The Morgan fingerprint density at radius 3 is 3.04 bits per heavy atom. The third-order valence-electron chi connectivity index (χ3n) is 3.33. The van der Waals surface area contributed by atoms with Crippen molar-refractivity contribution in [1.82, 2.24) is 4.98 Å². The van der Waals surface area contributed by atoms with E-state index >= 15 is 0 Å². The van der Waals surface area contributed by atoms with Gasteiger partial charge in [-0.3, -0.25) is 4.79 Å². The van der Waals surface area contributed by atoms with Crippen molar-refractivity contribution in [2.45, 2.75) is 6.92 Å². The number of aryl methyl sites for hydroxylation is 1. The largest absolute Gasteiger partial charge is 0.486 e. The van der Waals surface area contributed by atoms with E-state index in [4.69, 9.17) is 4.74 Å². The normalized spacial score (nSPS) is 10.6. The molecule has 122 valence electrons. The smallest absolute Gasteiger partial charge is 0.255 e. The third-order valence-corrected chi connectivity index (χ3v) is 4.26. The molecule has 1 heterocycles. The highest BCUT2D eigenvalue weighted by Gasteiger charge is 2.14. The average Bonchev–Trinajstić information content (AvgIpc) is 2.94. The van der Waals surface area contributed by atoms with Gasteiger partial charge in [0.05, 0.1) is 20.9 Å². The fourth-order valence-electron chi connectivity index (χ4n) is 2.24. The van der Waals surface area contributed by atoms with Crippen molar-refractivity contribution in [2.24, 2.45) is 0 Å². The van der Waals surface area contributed by atoms with Crippen LogP contribution in [0.3, 0.4) is 0 Å². The second-order valence-corrected chi connectivity index (χ2v) is 6.32. The molecule has 0 saturated heterocycles. The summed E-state index contributed by atoms with van der Waals surface area (Å²) in [5.74, 6) is -0.925. The SMILES string of the molecule is C=CCOc1cccc(NC(=O)c2ccc3nc(C)sc3c2)c1F. The van der Waals surface area contributed by atoms with E-state index in [1.165, 1.54) is 29.5 Å². The lowest BCUT2D eigenvalue weighted by molar-refractivity contribution is 0.102. The lowest BCUT2D eigenvalue weighted by atomic mass is 10.2. The molecule has 6 heteroatoms. The monoisotopic (exact) mass is 342 g/mol. The number of aromatic nitrogens is 1. The maximum atomic E-state index is 14.3. The molecular formula is C18H15FN2O2S. The van der Waals surface area contributed by atoms with Crippen LogP contribution in [0.2, 0.25) is 0 Å². The first kappa shape index (κ1) is 16.1. The van der Waals surface area contributed by atoms with E-state index in [1.807, 2.05) is 6.92 Å². The highest BCUT2D eigenvalue weighted by atomic mass is 32.1. The topological polar surface area (TPSA) is 51.2 Å². The summed E-state index contributed by atoms with van der Waals surface area (Å²) in [5.41, 5.74) is 1.37. The van der Waals surface area contributed by atoms with Crippen LogP contribution in [0.5, 0.6) is 5.75 Å². The molecule has 0 atom stereocenters. The molecule has 0 bridgehead atoms. The Balaban J connectivity index is 1.84. The molecule has 0 unspecified atom stereocenters. The maximum Gasteiger partial charge on any atom is 0.255 e. The van der Waals surface area contributed by atoms with E-state index in [2.05, 4.69) is 16.9 Å². The van der Waals surface area contributed by atoms with Crippen molar-refractivity contribution >= 4 is 33.1 Å². The van der Waals surface area contributed by atoms with Crippen LogP contribution >= 0.6 is 11.3 Å². The minimum atomic E-state index is -0.609. The van der Waals surface area contributed by atoms with Gasteiger partial charge in [-0.25, -0.2) is 9.37 Å². The van der Waals surface area contributed by atoms with Gasteiger partial charge in [-0.05, 0) is 37.3 Å². The number of amides is 1. The van der Waals surface area contributed by atoms with Gasteiger partial charge in [0.2, 0.25) is 0 Å². The first-order chi connectivity index (χ1) is 11.6. The van der Waals surface area contributed by atoms with Gasteiger partial charge in [0, 0.05) is 5.56 Å².